The van der Waals surface area contributed by atoms with E-state index in [1.165, 1.54) is 18.4 Å². The summed E-state index contributed by atoms with van der Waals surface area (Å²) in [6.07, 6.45) is 0. The highest BCUT2D eigenvalue weighted by molar-refractivity contribution is 7.16. The lowest BCUT2D eigenvalue weighted by Gasteiger charge is -2.05. The van der Waals surface area contributed by atoms with Gasteiger partial charge in [-0.1, -0.05) is 71.5 Å². The van der Waals surface area contributed by atoms with Gasteiger partial charge in [0.15, 0.2) is 10.6 Å². The van der Waals surface area contributed by atoms with Crippen molar-refractivity contribution in [1.82, 2.24) is 4.57 Å². The Bertz CT molecular complexity index is 1390. The Morgan fingerprint density at radius 3 is 2.25 bits per heavy atom. The molecule has 4 aromatic rings. The summed E-state index contributed by atoms with van der Waals surface area (Å²) < 4.78 is 7.13. The molecular formula is C24H17ClN2O4S. The third kappa shape index (κ3) is 4.39. The highest BCUT2D eigenvalue weighted by atomic mass is 35.5. The molecule has 0 N–H and O–H groups in total. The Kier molecular flexibility index (Phi) is 6.30. The number of halogens is 1. The van der Waals surface area contributed by atoms with Crippen LogP contribution >= 0.6 is 22.9 Å². The van der Waals surface area contributed by atoms with Crippen LogP contribution in [0.3, 0.4) is 0 Å². The topological polar surface area (TPSA) is 77.7 Å². The lowest BCUT2D eigenvalue weighted by atomic mass is 10.0. The third-order valence-corrected chi connectivity index (χ3v) is 6.14. The summed E-state index contributed by atoms with van der Waals surface area (Å²) in [5, 5.41) is 0.445. The van der Waals surface area contributed by atoms with Gasteiger partial charge >= 0.3 is 5.97 Å². The number of methoxy groups -OCH3 is 1. The average molecular weight is 465 g/mol. The highest BCUT2D eigenvalue weighted by Crippen LogP contribution is 2.25. The number of carbonyl (C=O) groups is 3. The minimum absolute atomic E-state index is 0.128. The number of fused-ring (bicyclic) bond motifs is 1. The second kappa shape index (κ2) is 9.30. The van der Waals surface area contributed by atoms with E-state index in [2.05, 4.69) is 4.99 Å². The zero-order chi connectivity index (χ0) is 22.7. The minimum Gasteiger partial charge on any atom is -0.468 e. The van der Waals surface area contributed by atoms with Crippen LogP contribution in [0.25, 0.3) is 10.2 Å². The molecule has 8 heteroatoms. The number of amides is 1. The number of ketones is 1. The standard InChI is InChI=1S/C24H17ClN2O4S/c1-31-20(28)14-27-21-18(25)8-5-9-19(21)32-24(27)26-23(30)17-12-10-16(11-13-17)22(29)15-6-3-2-4-7-15/h2-13H,14H2,1H3. The number of para-hydroxylation sites is 1. The first-order valence-electron chi connectivity index (χ1n) is 9.61. The van der Waals surface area contributed by atoms with E-state index >= 15 is 0 Å². The molecule has 0 aliphatic carbocycles. The fourth-order valence-corrected chi connectivity index (χ4v) is 4.57. The third-order valence-electron chi connectivity index (χ3n) is 4.79. The summed E-state index contributed by atoms with van der Waals surface area (Å²) >= 11 is 7.58. The van der Waals surface area contributed by atoms with Crippen LogP contribution in [0.15, 0.2) is 77.8 Å². The fourth-order valence-electron chi connectivity index (χ4n) is 3.18. The van der Waals surface area contributed by atoms with Gasteiger partial charge in [0.05, 0.1) is 22.3 Å². The summed E-state index contributed by atoms with van der Waals surface area (Å²) in [5.74, 6) is -1.11. The molecule has 3 aromatic carbocycles. The smallest absolute Gasteiger partial charge is 0.325 e. The molecule has 0 unspecified atom stereocenters. The number of aromatic nitrogens is 1. The molecule has 32 heavy (non-hydrogen) atoms. The van der Waals surface area contributed by atoms with Crippen LogP contribution in [-0.4, -0.2) is 29.3 Å². The first-order valence-corrected chi connectivity index (χ1v) is 10.8. The molecule has 0 radical (unpaired) electrons. The van der Waals surface area contributed by atoms with E-state index in [9.17, 15) is 14.4 Å². The summed E-state index contributed by atoms with van der Waals surface area (Å²) in [7, 11) is 1.29. The minimum atomic E-state index is -0.495. The molecule has 1 amide bonds. The van der Waals surface area contributed by atoms with Crippen molar-refractivity contribution < 1.29 is 19.1 Å². The number of benzene rings is 3. The molecule has 0 bridgehead atoms. The van der Waals surface area contributed by atoms with Crippen LogP contribution in [0.1, 0.15) is 26.3 Å². The molecule has 1 heterocycles. The molecule has 0 saturated heterocycles. The predicted molar refractivity (Wildman–Crippen MR) is 123 cm³/mol. The van der Waals surface area contributed by atoms with Gasteiger partial charge in [0.1, 0.15) is 6.54 Å². The number of carbonyl (C=O) groups excluding carboxylic acids is 3. The van der Waals surface area contributed by atoms with Gasteiger partial charge in [0.25, 0.3) is 5.91 Å². The molecule has 0 aliphatic rings. The quantitative estimate of drug-likeness (QED) is 0.322. The van der Waals surface area contributed by atoms with Crippen molar-refractivity contribution in [1.29, 1.82) is 0 Å². The highest BCUT2D eigenvalue weighted by Gasteiger charge is 2.15. The maximum absolute atomic E-state index is 12.8. The lowest BCUT2D eigenvalue weighted by molar-refractivity contribution is -0.141. The number of hydrogen-bond acceptors (Lipinski definition) is 5. The Labute approximate surface area is 192 Å². The largest absolute Gasteiger partial charge is 0.468 e. The van der Waals surface area contributed by atoms with E-state index in [1.807, 2.05) is 12.1 Å². The van der Waals surface area contributed by atoms with Gasteiger partial charge in [-0.05, 0) is 24.3 Å². The van der Waals surface area contributed by atoms with Gasteiger partial charge < -0.3 is 9.30 Å². The summed E-state index contributed by atoms with van der Waals surface area (Å²) in [4.78, 5) is 41.9. The van der Waals surface area contributed by atoms with Crippen molar-refractivity contribution >= 4 is 50.8 Å². The first-order chi connectivity index (χ1) is 15.5. The van der Waals surface area contributed by atoms with E-state index in [0.717, 1.165) is 4.70 Å². The second-order valence-electron chi connectivity index (χ2n) is 6.82. The van der Waals surface area contributed by atoms with Gasteiger partial charge in [-0.2, -0.15) is 4.99 Å². The summed E-state index contributed by atoms with van der Waals surface area (Å²) in [5.41, 5.74) is 1.98. The molecule has 0 atom stereocenters. The van der Waals surface area contributed by atoms with Crippen LogP contribution in [0.2, 0.25) is 5.02 Å². The molecule has 6 nitrogen and oxygen atoms in total. The van der Waals surface area contributed by atoms with Gasteiger partial charge in [0.2, 0.25) is 0 Å². The van der Waals surface area contributed by atoms with Gasteiger partial charge in [-0.25, -0.2) is 0 Å². The number of esters is 1. The van der Waals surface area contributed by atoms with E-state index < -0.39 is 11.9 Å². The Morgan fingerprint density at radius 1 is 0.906 bits per heavy atom. The van der Waals surface area contributed by atoms with Crippen molar-refractivity contribution in [2.75, 3.05) is 7.11 Å². The molecule has 1 aromatic heterocycles. The average Bonchev–Trinajstić information content (AvgIpc) is 3.17. The van der Waals surface area contributed by atoms with Crippen molar-refractivity contribution in [2.45, 2.75) is 6.54 Å². The fraction of sp³-hybridized carbons (Fsp3) is 0.0833. The Morgan fingerprint density at radius 2 is 1.56 bits per heavy atom. The first kappa shape index (κ1) is 21.7. The molecule has 4 rings (SSSR count). The number of ether oxygens (including phenoxy) is 1. The van der Waals surface area contributed by atoms with Crippen LogP contribution in [0, 0.1) is 0 Å². The van der Waals surface area contributed by atoms with Crippen molar-refractivity contribution in [3.63, 3.8) is 0 Å². The van der Waals surface area contributed by atoms with Gasteiger partial charge in [-0.3, -0.25) is 14.4 Å². The molecule has 0 fully saturated rings. The van der Waals surface area contributed by atoms with E-state index in [4.69, 9.17) is 16.3 Å². The number of nitrogens with zero attached hydrogens (tertiary/aromatic N) is 2. The summed E-state index contributed by atoms with van der Waals surface area (Å²) in [6.45, 7) is -0.128. The SMILES string of the molecule is COC(=O)Cn1c(=NC(=O)c2ccc(C(=O)c3ccccc3)cc2)sc2cccc(Cl)c21. The molecule has 160 valence electrons. The molecule has 0 spiro atoms. The van der Waals surface area contributed by atoms with Crippen molar-refractivity contribution in [2.24, 2.45) is 4.99 Å². The predicted octanol–water partition coefficient (Wildman–Crippen LogP) is 4.50. The molecular weight excluding hydrogens is 448 g/mol. The normalized spacial score (nSPS) is 11.5. The van der Waals surface area contributed by atoms with E-state index in [0.29, 0.717) is 32.0 Å². The van der Waals surface area contributed by atoms with Crippen LogP contribution < -0.4 is 4.80 Å². The molecule has 0 saturated carbocycles. The summed E-state index contributed by atoms with van der Waals surface area (Å²) in [6, 6.07) is 20.6. The van der Waals surface area contributed by atoms with Crippen LogP contribution in [0.4, 0.5) is 0 Å². The number of rotatable bonds is 5. The van der Waals surface area contributed by atoms with Gasteiger partial charge in [-0.15, -0.1) is 0 Å². The second-order valence-corrected chi connectivity index (χ2v) is 8.24. The number of hydrogen-bond donors (Lipinski definition) is 0. The van der Waals surface area contributed by atoms with Crippen LogP contribution in [0.5, 0.6) is 0 Å². The van der Waals surface area contributed by atoms with Gasteiger partial charge in [0, 0.05) is 16.7 Å². The zero-order valence-electron chi connectivity index (χ0n) is 16.9. The van der Waals surface area contributed by atoms with E-state index in [-0.39, 0.29) is 12.3 Å². The Hall–Kier alpha value is -3.55. The Balaban J connectivity index is 1.69. The lowest BCUT2D eigenvalue weighted by Crippen LogP contribution is -2.22. The van der Waals surface area contributed by atoms with Crippen molar-refractivity contribution in [3.05, 3.63) is 99.3 Å². The van der Waals surface area contributed by atoms with Crippen molar-refractivity contribution in [3.8, 4) is 0 Å². The maximum atomic E-state index is 12.8. The van der Waals surface area contributed by atoms with E-state index in [1.54, 1.807) is 65.2 Å². The molecule has 0 aliphatic heterocycles. The maximum Gasteiger partial charge on any atom is 0.325 e. The monoisotopic (exact) mass is 464 g/mol. The number of thiazole rings is 1. The zero-order valence-corrected chi connectivity index (χ0v) is 18.5. The van der Waals surface area contributed by atoms with Crippen LogP contribution in [-0.2, 0) is 16.1 Å².